The summed E-state index contributed by atoms with van der Waals surface area (Å²) in [5, 5.41) is 10.4. The number of aryl methyl sites for hydroxylation is 1. The van der Waals surface area contributed by atoms with Crippen LogP contribution in [0.1, 0.15) is 24.0 Å². The van der Waals surface area contributed by atoms with Gasteiger partial charge < -0.3 is 9.52 Å². The smallest absolute Gasteiger partial charge is 0.336 e. The van der Waals surface area contributed by atoms with Crippen LogP contribution in [0.5, 0.6) is 0 Å². The second-order valence-electron chi connectivity index (χ2n) is 5.54. The minimum atomic E-state index is -0.308. The molecular weight excluding hydrogens is 254 g/mol. The molecule has 20 heavy (non-hydrogen) atoms. The van der Waals surface area contributed by atoms with Crippen LogP contribution in [0.4, 0.5) is 0 Å². The zero-order valence-corrected chi connectivity index (χ0v) is 11.6. The molecule has 0 amide bonds. The molecule has 2 heterocycles. The van der Waals surface area contributed by atoms with Crippen LogP contribution in [0.25, 0.3) is 11.0 Å². The first-order valence-corrected chi connectivity index (χ1v) is 7.05. The van der Waals surface area contributed by atoms with Crippen LogP contribution in [0.2, 0.25) is 0 Å². The van der Waals surface area contributed by atoms with Gasteiger partial charge in [0, 0.05) is 24.0 Å². The maximum atomic E-state index is 11.7. The van der Waals surface area contributed by atoms with Crippen molar-refractivity contribution in [2.45, 2.75) is 32.4 Å². The molecule has 1 aliphatic rings. The van der Waals surface area contributed by atoms with Gasteiger partial charge in [0.15, 0.2) is 0 Å². The lowest BCUT2D eigenvalue weighted by molar-refractivity contribution is 0.154. The number of aliphatic hydroxyl groups is 1. The van der Waals surface area contributed by atoms with Crippen LogP contribution in [0.3, 0.4) is 0 Å². The van der Waals surface area contributed by atoms with Gasteiger partial charge in [-0.05, 0) is 43.5 Å². The molecule has 4 nitrogen and oxygen atoms in total. The number of nitrogens with zero attached hydrogens (tertiary/aromatic N) is 1. The quantitative estimate of drug-likeness (QED) is 0.870. The van der Waals surface area contributed by atoms with Crippen molar-refractivity contribution in [2.24, 2.45) is 0 Å². The van der Waals surface area contributed by atoms with Crippen LogP contribution in [-0.4, -0.2) is 29.2 Å². The average molecular weight is 273 g/mol. The number of hydrogen-bond donors (Lipinski definition) is 1. The summed E-state index contributed by atoms with van der Waals surface area (Å²) in [5.74, 6) is 0. The Morgan fingerprint density at radius 1 is 1.40 bits per heavy atom. The molecule has 1 aromatic carbocycles. The highest BCUT2D eigenvalue weighted by Gasteiger charge is 2.24. The number of aliphatic hydroxyl groups excluding tert-OH is 1. The van der Waals surface area contributed by atoms with Gasteiger partial charge in [0.2, 0.25) is 0 Å². The number of hydrogen-bond acceptors (Lipinski definition) is 4. The fourth-order valence-corrected chi connectivity index (χ4v) is 3.00. The number of fused-ring (bicyclic) bond motifs is 1. The molecular formula is C16H19NO3. The van der Waals surface area contributed by atoms with Crippen molar-refractivity contribution in [3.05, 3.63) is 45.8 Å². The molecule has 106 valence electrons. The van der Waals surface area contributed by atoms with Crippen LogP contribution in [0, 0.1) is 6.92 Å². The molecule has 0 radical (unpaired) electrons. The molecule has 1 N–H and O–H groups in total. The molecule has 1 atom stereocenters. The van der Waals surface area contributed by atoms with Gasteiger partial charge in [0.25, 0.3) is 0 Å². The van der Waals surface area contributed by atoms with E-state index >= 15 is 0 Å². The molecule has 0 saturated carbocycles. The number of rotatable bonds is 3. The van der Waals surface area contributed by atoms with Crippen LogP contribution in [0.15, 0.2) is 33.5 Å². The molecule has 2 aromatic rings. The average Bonchev–Trinajstić information content (AvgIpc) is 2.85. The Morgan fingerprint density at radius 3 is 3.05 bits per heavy atom. The topological polar surface area (TPSA) is 53.7 Å². The largest absolute Gasteiger partial charge is 0.423 e. The molecule has 0 bridgehead atoms. The van der Waals surface area contributed by atoms with Crippen molar-refractivity contribution in [3.8, 4) is 0 Å². The van der Waals surface area contributed by atoms with Crippen molar-refractivity contribution >= 4 is 11.0 Å². The van der Waals surface area contributed by atoms with E-state index in [0.29, 0.717) is 12.1 Å². The third-order valence-corrected chi connectivity index (χ3v) is 4.07. The third kappa shape index (κ3) is 2.49. The third-order valence-electron chi connectivity index (χ3n) is 4.07. The minimum absolute atomic E-state index is 0.179. The number of benzene rings is 1. The van der Waals surface area contributed by atoms with Crippen LogP contribution >= 0.6 is 0 Å². The van der Waals surface area contributed by atoms with Crippen LogP contribution < -0.4 is 5.63 Å². The highest BCUT2D eigenvalue weighted by atomic mass is 16.4. The van der Waals surface area contributed by atoms with Gasteiger partial charge in [-0.2, -0.15) is 0 Å². The Morgan fingerprint density at radius 2 is 2.25 bits per heavy atom. The lowest BCUT2D eigenvalue weighted by Gasteiger charge is -2.23. The summed E-state index contributed by atoms with van der Waals surface area (Å²) in [4.78, 5) is 13.9. The first kappa shape index (κ1) is 13.3. The summed E-state index contributed by atoms with van der Waals surface area (Å²) in [6.07, 6.45) is 2.12. The summed E-state index contributed by atoms with van der Waals surface area (Å²) in [6.45, 7) is 3.82. The van der Waals surface area contributed by atoms with E-state index in [2.05, 4.69) is 4.90 Å². The van der Waals surface area contributed by atoms with E-state index < -0.39 is 0 Å². The fraction of sp³-hybridized carbons (Fsp3) is 0.438. The van der Waals surface area contributed by atoms with E-state index in [4.69, 9.17) is 4.42 Å². The lowest BCUT2D eigenvalue weighted by atomic mass is 10.1. The summed E-state index contributed by atoms with van der Waals surface area (Å²) < 4.78 is 5.28. The normalized spacial score (nSPS) is 19.8. The Kier molecular flexibility index (Phi) is 3.59. The summed E-state index contributed by atoms with van der Waals surface area (Å²) in [6, 6.07) is 7.72. The molecule has 0 aliphatic carbocycles. The Balaban J connectivity index is 2.00. The SMILES string of the molecule is Cc1ccc2c(CN3CCC[C@@H]3CO)cc(=O)oc2c1. The monoisotopic (exact) mass is 273 g/mol. The highest BCUT2D eigenvalue weighted by molar-refractivity contribution is 5.80. The number of likely N-dealkylation sites (tertiary alicyclic amines) is 1. The van der Waals surface area contributed by atoms with E-state index in [9.17, 15) is 9.90 Å². The summed E-state index contributed by atoms with van der Waals surface area (Å²) >= 11 is 0. The van der Waals surface area contributed by atoms with Gasteiger partial charge in [-0.3, -0.25) is 4.90 Å². The molecule has 0 spiro atoms. The van der Waals surface area contributed by atoms with Gasteiger partial charge in [0.05, 0.1) is 6.61 Å². The molecule has 4 heteroatoms. The van der Waals surface area contributed by atoms with Gasteiger partial charge in [-0.15, -0.1) is 0 Å². The van der Waals surface area contributed by atoms with E-state index in [-0.39, 0.29) is 18.3 Å². The van der Waals surface area contributed by atoms with Crippen molar-refractivity contribution < 1.29 is 9.52 Å². The minimum Gasteiger partial charge on any atom is -0.423 e. The zero-order chi connectivity index (χ0) is 14.1. The Hall–Kier alpha value is -1.65. The van der Waals surface area contributed by atoms with E-state index in [1.807, 2.05) is 25.1 Å². The second kappa shape index (κ2) is 5.38. The van der Waals surface area contributed by atoms with Gasteiger partial charge in [0.1, 0.15) is 5.58 Å². The second-order valence-corrected chi connectivity index (χ2v) is 5.54. The van der Waals surface area contributed by atoms with Crippen molar-refractivity contribution in [2.75, 3.05) is 13.2 Å². The lowest BCUT2D eigenvalue weighted by Crippen LogP contribution is -2.31. The van der Waals surface area contributed by atoms with E-state index in [1.54, 1.807) is 6.07 Å². The molecule has 1 saturated heterocycles. The molecule has 1 aromatic heterocycles. The van der Waals surface area contributed by atoms with Gasteiger partial charge in [-0.1, -0.05) is 12.1 Å². The summed E-state index contributed by atoms with van der Waals surface area (Å²) in [5.41, 5.74) is 2.40. The molecule has 1 fully saturated rings. The van der Waals surface area contributed by atoms with E-state index in [1.165, 1.54) is 0 Å². The zero-order valence-electron chi connectivity index (χ0n) is 11.6. The van der Waals surface area contributed by atoms with Gasteiger partial charge in [-0.25, -0.2) is 4.79 Å². The van der Waals surface area contributed by atoms with Crippen molar-refractivity contribution in [1.82, 2.24) is 4.90 Å². The fourth-order valence-electron chi connectivity index (χ4n) is 3.00. The predicted molar refractivity (Wildman–Crippen MR) is 77.7 cm³/mol. The molecule has 0 unspecified atom stereocenters. The molecule has 1 aliphatic heterocycles. The van der Waals surface area contributed by atoms with Crippen LogP contribution in [-0.2, 0) is 6.54 Å². The Labute approximate surface area is 117 Å². The van der Waals surface area contributed by atoms with Crippen molar-refractivity contribution in [3.63, 3.8) is 0 Å². The molecule has 3 rings (SSSR count). The summed E-state index contributed by atoms with van der Waals surface area (Å²) in [7, 11) is 0. The van der Waals surface area contributed by atoms with E-state index in [0.717, 1.165) is 35.9 Å². The first-order chi connectivity index (χ1) is 9.67. The first-order valence-electron chi connectivity index (χ1n) is 7.05. The maximum Gasteiger partial charge on any atom is 0.336 e. The highest BCUT2D eigenvalue weighted by Crippen LogP contribution is 2.24. The predicted octanol–water partition coefficient (Wildman–Crippen LogP) is 2.06. The maximum absolute atomic E-state index is 11.7. The Bertz CT molecular complexity index is 677. The van der Waals surface area contributed by atoms with Gasteiger partial charge >= 0.3 is 5.63 Å². The standard InChI is InChI=1S/C16H19NO3/c1-11-4-5-14-12(8-16(19)20-15(14)7-11)9-17-6-2-3-13(17)10-18/h4-5,7-8,13,18H,2-3,6,9-10H2,1H3/t13-/m1/s1. The van der Waals surface area contributed by atoms with Crippen molar-refractivity contribution in [1.29, 1.82) is 0 Å².